The van der Waals surface area contributed by atoms with Gasteiger partial charge in [0.2, 0.25) is 0 Å². The molecule has 0 aromatic heterocycles. The molecule has 0 aromatic carbocycles. The molecule has 5 heteroatoms. The molecule has 0 aliphatic rings. The Labute approximate surface area is 64.5 Å². The number of carbonyl (C=O) groups is 1. The van der Waals surface area contributed by atoms with Crippen molar-refractivity contribution in [2.45, 2.75) is 0 Å². The number of allylic oxidation sites excluding steroid dienone is 1. The SMILES string of the molecule is CN(C)C=C(C#N)NC(=O)O. The van der Waals surface area contributed by atoms with Crippen LogP contribution >= 0.6 is 0 Å². The van der Waals surface area contributed by atoms with Crippen molar-refractivity contribution in [3.63, 3.8) is 0 Å². The van der Waals surface area contributed by atoms with Gasteiger partial charge in [-0.2, -0.15) is 5.26 Å². The molecule has 0 heterocycles. The van der Waals surface area contributed by atoms with E-state index in [0.717, 1.165) is 0 Å². The van der Waals surface area contributed by atoms with Crippen molar-refractivity contribution in [2.24, 2.45) is 0 Å². The highest BCUT2D eigenvalue weighted by atomic mass is 16.4. The summed E-state index contributed by atoms with van der Waals surface area (Å²) in [7, 11) is 3.39. The Bertz CT molecular complexity index is 214. The van der Waals surface area contributed by atoms with Crippen LogP contribution in [0.5, 0.6) is 0 Å². The lowest BCUT2D eigenvalue weighted by Crippen LogP contribution is -2.21. The van der Waals surface area contributed by atoms with E-state index in [-0.39, 0.29) is 5.70 Å². The van der Waals surface area contributed by atoms with Gasteiger partial charge in [-0.15, -0.1) is 0 Å². The van der Waals surface area contributed by atoms with Crippen LogP contribution in [0.25, 0.3) is 0 Å². The number of nitrogens with zero attached hydrogens (tertiary/aromatic N) is 2. The van der Waals surface area contributed by atoms with Gasteiger partial charge in [-0.3, -0.25) is 5.32 Å². The van der Waals surface area contributed by atoms with E-state index in [1.54, 1.807) is 25.1 Å². The second kappa shape index (κ2) is 4.17. The Morgan fingerprint density at radius 1 is 1.73 bits per heavy atom. The minimum absolute atomic E-state index is 0.00231. The molecule has 60 valence electrons. The lowest BCUT2D eigenvalue weighted by Gasteiger charge is -2.05. The molecule has 0 aromatic rings. The molecule has 0 spiro atoms. The first kappa shape index (κ1) is 9.30. The van der Waals surface area contributed by atoms with Crippen molar-refractivity contribution in [2.75, 3.05) is 14.1 Å². The molecule has 0 saturated carbocycles. The highest BCUT2D eigenvalue weighted by Crippen LogP contribution is 1.87. The van der Waals surface area contributed by atoms with E-state index in [2.05, 4.69) is 0 Å². The first-order valence-electron chi connectivity index (χ1n) is 2.84. The Balaban J connectivity index is 4.20. The van der Waals surface area contributed by atoms with Crippen molar-refractivity contribution in [1.82, 2.24) is 10.2 Å². The summed E-state index contributed by atoms with van der Waals surface area (Å²) in [6, 6.07) is 1.69. The molecule has 11 heavy (non-hydrogen) atoms. The van der Waals surface area contributed by atoms with E-state index in [4.69, 9.17) is 10.4 Å². The molecule has 0 aliphatic carbocycles. The number of nitrogens with one attached hydrogen (secondary N) is 1. The van der Waals surface area contributed by atoms with Crippen molar-refractivity contribution < 1.29 is 9.90 Å². The van der Waals surface area contributed by atoms with Crippen molar-refractivity contribution >= 4 is 6.09 Å². The number of amides is 1. The van der Waals surface area contributed by atoms with Crippen LogP contribution in [0.2, 0.25) is 0 Å². The van der Waals surface area contributed by atoms with E-state index in [0.29, 0.717) is 0 Å². The molecular weight excluding hydrogens is 146 g/mol. The van der Waals surface area contributed by atoms with Gasteiger partial charge < -0.3 is 10.0 Å². The van der Waals surface area contributed by atoms with Gasteiger partial charge in [0, 0.05) is 20.3 Å². The predicted octanol–water partition coefficient (Wildman–Crippen LogP) is 0.181. The van der Waals surface area contributed by atoms with Crippen LogP contribution in [0, 0.1) is 11.3 Å². The average Bonchev–Trinajstić information content (AvgIpc) is 1.84. The summed E-state index contributed by atoms with van der Waals surface area (Å²) >= 11 is 0. The van der Waals surface area contributed by atoms with E-state index in [9.17, 15) is 4.79 Å². The molecule has 0 fully saturated rings. The second-order valence-electron chi connectivity index (χ2n) is 2.05. The van der Waals surface area contributed by atoms with Crippen LogP contribution < -0.4 is 5.32 Å². The minimum Gasteiger partial charge on any atom is -0.465 e. The second-order valence-corrected chi connectivity index (χ2v) is 2.05. The maximum absolute atomic E-state index is 10.0. The molecule has 0 atom stereocenters. The largest absolute Gasteiger partial charge is 0.465 e. The van der Waals surface area contributed by atoms with Crippen LogP contribution in [0.4, 0.5) is 4.79 Å². The Hall–Kier alpha value is -1.70. The Morgan fingerprint density at radius 2 is 2.27 bits per heavy atom. The summed E-state index contributed by atoms with van der Waals surface area (Å²) in [5, 5.41) is 18.5. The predicted molar refractivity (Wildman–Crippen MR) is 38.5 cm³/mol. The fourth-order valence-corrected chi connectivity index (χ4v) is 0.462. The molecule has 0 aliphatic heterocycles. The topological polar surface area (TPSA) is 76.4 Å². The van der Waals surface area contributed by atoms with Gasteiger partial charge in [0.1, 0.15) is 11.8 Å². The van der Waals surface area contributed by atoms with Crippen LogP contribution in [0.3, 0.4) is 0 Å². The summed E-state index contributed by atoms with van der Waals surface area (Å²) in [5.74, 6) is 0. The first-order chi connectivity index (χ1) is 5.06. The monoisotopic (exact) mass is 155 g/mol. The Morgan fingerprint density at radius 3 is 2.55 bits per heavy atom. The van der Waals surface area contributed by atoms with Gasteiger partial charge in [-0.05, 0) is 0 Å². The lowest BCUT2D eigenvalue weighted by atomic mass is 10.5. The smallest absolute Gasteiger partial charge is 0.409 e. The molecule has 0 saturated heterocycles. The zero-order valence-electron chi connectivity index (χ0n) is 6.33. The van der Waals surface area contributed by atoms with E-state index < -0.39 is 6.09 Å². The van der Waals surface area contributed by atoms with Crippen LogP contribution in [-0.4, -0.2) is 30.2 Å². The summed E-state index contributed by atoms with van der Waals surface area (Å²) < 4.78 is 0. The minimum atomic E-state index is -1.24. The van der Waals surface area contributed by atoms with Gasteiger partial charge in [-0.25, -0.2) is 4.79 Å². The molecule has 1 amide bonds. The Kier molecular flexibility index (Phi) is 3.52. The molecular formula is C6H9N3O2. The summed E-state index contributed by atoms with van der Waals surface area (Å²) in [6.07, 6.45) is 0.147. The third kappa shape index (κ3) is 4.78. The molecule has 0 radical (unpaired) electrons. The first-order valence-corrected chi connectivity index (χ1v) is 2.84. The lowest BCUT2D eigenvalue weighted by molar-refractivity contribution is 0.198. The highest BCUT2D eigenvalue weighted by Gasteiger charge is 1.98. The van der Waals surface area contributed by atoms with Gasteiger partial charge in [0.05, 0.1) is 0 Å². The summed E-state index contributed by atoms with van der Waals surface area (Å²) in [6.45, 7) is 0. The van der Waals surface area contributed by atoms with Crippen molar-refractivity contribution in [3.05, 3.63) is 11.9 Å². The summed E-state index contributed by atoms with van der Waals surface area (Å²) in [4.78, 5) is 11.6. The number of carboxylic acid groups (broad SMARTS) is 1. The fraction of sp³-hybridized carbons (Fsp3) is 0.333. The van der Waals surface area contributed by atoms with E-state index in [1.807, 2.05) is 5.32 Å². The number of nitriles is 1. The zero-order chi connectivity index (χ0) is 8.85. The normalized spacial score (nSPS) is 10.1. The summed E-state index contributed by atoms with van der Waals surface area (Å²) in [5.41, 5.74) is 0.00231. The average molecular weight is 155 g/mol. The van der Waals surface area contributed by atoms with Crippen LogP contribution in [0.1, 0.15) is 0 Å². The quantitative estimate of drug-likeness (QED) is 0.558. The van der Waals surface area contributed by atoms with Crippen LogP contribution in [0.15, 0.2) is 11.9 Å². The molecule has 5 nitrogen and oxygen atoms in total. The van der Waals surface area contributed by atoms with E-state index >= 15 is 0 Å². The number of rotatable bonds is 2. The molecule has 0 unspecified atom stereocenters. The third-order valence-electron chi connectivity index (χ3n) is 0.749. The zero-order valence-corrected chi connectivity index (χ0v) is 6.33. The van der Waals surface area contributed by atoms with Gasteiger partial charge >= 0.3 is 6.09 Å². The van der Waals surface area contributed by atoms with Gasteiger partial charge in [0.25, 0.3) is 0 Å². The molecule has 2 N–H and O–H groups in total. The van der Waals surface area contributed by atoms with Crippen molar-refractivity contribution in [1.29, 1.82) is 5.26 Å². The van der Waals surface area contributed by atoms with Gasteiger partial charge in [0.15, 0.2) is 0 Å². The van der Waals surface area contributed by atoms with E-state index in [1.165, 1.54) is 6.20 Å². The third-order valence-corrected chi connectivity index (χ3v) is 0.749. The van der Waals surface area contributed by atoms with Crippen LogP contribution in [-0.2, 0) is 0 Å². The maximum Gasteiger partial charge on any atom is 0.409 e. The molecule has 0 rings (SSSR count). The fourth-order valence-electron chi connectivity index (χ4n) is 0.462. The standard InChI is InChI=1S/C6H9N3O2/c1-9(2)4-5(3-7)8-6(10)11/h4,8H,1-2H3,(H,10,11). The maximum atomic E-state index is 10.0. The number of hydrogen-bond acceptors (Lipinski definition) is 3. The van der Waals surface area contributed by atoms with Crippen molar-refractivity contribution in [3.8, 4) is 6.07 Å². The van der Waals surface area contributed by atoms with Gasteiger partial charge in [-0.1, -0.05) is 0 Å². The number of hydrogen-bond donors (Lipinski definition) is 2. The molecule has 0 bridgehead atoms. The highest BCUT2D eigenvalue weighted by molar-refractivity contribution is 5.68.